The van der Waals surface area contributed by atoms with Crippen molar-refractivity contribution in [1.82, 2.24) is 9.55 Å². The maximum atomic E-state index is 11.5. The van der Waals surface area contributed by atoms with Crippen molar-refractivity contribution in [3.63, 3.8) is 0 Å². The van der Waals surface area contributed by atoms with Crippen LogP contribution < -0.4 is 5.32 Å². The van der Waals surface area contributed by atoms with Gasteiger partial charge in [-0.15, -0.1) is 0 Å². The van der Waals surface area contributed by atoms with E-state index in [9.17, 15) is 9.59 Å². The maximum absolute atomic E-state index is 11.5. The van der Waals surface area contributed by atoms with Gasteiger partial charge in [0.1, 0.15) is 0 Å². The Kier molecular flexibility index (Phi) is 5.65. The minimum Gasteiger partial charge on any atom is -0.465 e. The molecule has 22 heavy (non-hydrogen) atoms. The number of carbonyl (C=O) groups excluding carboxylic acids is 2. The lowest BCUT2D eigenvalue weighted by Gasteiger charge is -2.05. The SMILES string of the molecule is COC(=O)C(=CNc1ccc2c(c1)ncn2C)C(=O)OC.O. The molecule has 0 saturated carbocycles. The third-order valence-electron chi connectivity index (χ3n) is 2.92. The highest BCUT2D eigenvalue weighted by molar-refractivity contribution is 6.14. The van der Waals surface area contributed by atoms with E-state index in [1.165, 1.54) is 20.4 Å². The molecule has 0 fully saturated rings. The van der Waals surface area contributed by atoms with Crippen molar-refractivity contribution in [2.24, 2.45) is 7.05 Å². The van der Waals surface area contributed by atoms with Crippen molar-refractivity contribution >= 4 is 28.7 Å². The highest BCUT2D eigenvalue weighted by atomic mass is 16.5. The van der Waals surface area contributed by atoms with Crippen molar-refractivity contribution in [2.75, 3.05) is 19.5 Å². The van der Waals surface area contributed by atoms with Crippen LogP contribution in [0.25, 0.3) is 11.0 Å². The summed E-state index contributed by atoms with van der Waals surface area (Å²) in [6.07, 6.45) is 2.96. The predicted molar refractivity (Wildman–Crippen MR) is 80.1 cm³/mol. The summed E-state index contributed by atoms with van der Waals surface area (Å²) in [7, 11) is 4.28. The molecule has 1 heterocycles. The van der Waals surface area contributed by atoms with Crippen LogP contribution in [0.5, 0.6) is 0 Å². The van der Waals surface area contributed by atoms with E-state index in [1.807, 2.05) is 23.7 Å². The Morgan fingerprint density at radius 2 is 1.86 bits per heavy atom. The van der Waals surface area contributed by atoms with E-state index in [1.54, 1.807) is 12.4 Å². The van der Waals surface area contributed by atoms with Crippen LogP contribution in [0.1, 0.15) is 0 Å². The summed E-state index contributed by atoms with van der Waals surface area (Å²) in [4.78, 5) is 27.2. The molecule has 1 aromatic heterocycles. The summed E-state index contributed by atoms with van der Waals surface area (Å²) < 4.78 is 11.0. The second-order valence-electron chi connectivity index (χ2n) is 4.24. The Hall–Kier alpha value is -2.87. The Morgan fingerprint density at radius 1 is 1.23 bits per heavy atom. The molecule has 0 aliphatic rings. The highest BCUT2D eigenvalue weighted by Gasteiger charge is 2.19. The third-order valence-corrected chi connectivity index (χ3v) is 2.92. The van der Waals surface area contributed by atoms with E-state index in [-0.39, 0.29) is 11.0 Å². The van der Waals surface area contributed by atoms with Crippen molar-refractivity contribution in [2.45, 2.75) is 0 Å². The van der Waals surface area contributed by atoms with Crippen molar-refractivity contribution in [1.29, 1.82) is 0 Å². The smallest absolute Gasteiger partial charge is 0.346 e. The van der Waals surface area contributed by atoms with Crippen LogP contribution in [0.4, 0.5) is 5.69 Å². The standard InChI is InChI=1S/C14H15N3O4.H2O/c1-17-8-16-11-6-9(4-5-12(11)17)15-7-10(13(18)20-2)14(19)21-3;/h4-8,15H,1-3H3;1H2. The molecule has 0 radical (unpaired) electrons. The number of carbonyl (C=O) groups is 2. The second kappa shape index (κ2) is 7.23. The Morgan fingerprint density at radius 3 is 2.45 bits per heavy atom. The fraction of sp³-hybridized carbons (Fsp3) is 0.214. The zero-order chi connectivity index (χ0) is 15.4. The third kappa shape index (κ3) is 3.41. The van der Waals surface area contributed by atoms with Gasteiger partial charge in [0.2, 0.25) is 0 Å². The van der Waals surface area contributed by atoms with Crippen molar-refractivity contribution in [3.8, 4) is 0 Å². The Balaban J connectivity index is 0.00000242. The zero-order valence-corrected chi connectivity index (χ0v) is 12.4. The van der Waals surface area contributed by atoms with Crippen LogP contribution in [0.3, 0.4) is 0 Å². The lowest BCUT2D eigenvalue weighted by Crippen LogP contribution is -2.17. The van der Waals surface area contributed by atoms with Crippen LogP contribution in [0.2, 0.25) is 0 Å². The molecule has 0 bridgehead atoms. The summed E-state index contributed by atoms with van der Waals surface area (Å²) >= 11 is 0. The summed E-state index contributed by atoms with van der Waals surface area (Å²) in [6.45, 7) is 0. The first-order chi connectivity index (χ1) is 10.1. The van der Waals surface area contributed by atoms with Gasteiger partial charge in [0.05, 0.1) is 31.6 Å². The van der Waals surface area contributed by atoms with E-state index >= 15 is 0 Å². The molecule has 0 aliphatic heterocycles. The molecule has 2 rings (SSSR count). The van der Waals surface area contributed by atoms with Gasteiger partial charge in [0.25, 0.3) is 0 Å². The van der Waals surface area contributed by atoms with Crippen molar-refractivity contribution in [3.05, 3.63) is 36.3 Å². The predicted octanol–water partition coefficient (Wildman–Crippen LogP) is 0.390. The molecule has 0 aliphatic carbocycles. The molecular weight excluding hydrogens is 290 g/mol. The number of anilines is 1. The van der Waals surface area contributed by atoms with Gasteiger partial charge in [0.15, 0.2) is 5.57 Å². The largest absolute Gasteiger partial charge is 0.465 e. The lowest BCUT2D eigenvalue weighted by molar-refractivity contribution is -0.144. The highest BCUT2D eigenvalue weighted by Crippen LogP contribution is 2.17. The molecule has 0 spiro atoms. The number of imidazole rings is 1. The number of methoxy groups -OCH3 is 2. The van der Waals surface area contributed by atoms with E-state index < -0.39 is 11.9 Å². The quantitative estimate of drug-likeness (QED) is 0.378. The van der Waals surface area contributed by atoms with Gasteiger partial charge in [-0.25, -0.2) is 14.6 Å². The number of fused-ring (bicyclic) bond motifs is 1. The topological polar surface area (TPSA) is 114 Å². The molecule has 0 saturated heterocycles. The van der Waals surface area contributed by atoms with E-state index in [0.29, 0.717) is 5.69 Å². The maximum Gasteiger partial charge on any atom is 0.346 e. The Bertz CT molecular complexity index is 702. The fourth-order valence-corrected chi connectivity index (χ4v) is 1.80. The average molecular weight is 307 g/mol. The Labute approximate surface area is 126 Å². The first-order valence-corrected chi connectivity index (χ1v) is 6.11. The molecule has 3 N–H and O–H groups in total. The number of rotatable bonds is 4. The summed E-state index contributed by atoms with van der Waals surface area (Å²) in [6, 6.07) is 5.50. The molecule has 2 aromatic rings. The van der Waals surface area contributed by atoms with Crippen molar-refractivity contribution < 1.29 is 24.5 Å². The van der Waals surface area contributed by atoms with Gasteiger partial charge in [-0.1, -0.05) is 0 Å². The summed E-state index contributed by atoms with van der Waals surface area (Å²) in [5, 5.41) is 2.86. The minimum absolute atomic E-state index is 0. The van der Waals surface area contributed by atoms with Crippen LogP contribution >= 0.6 is 0 Å². The number of aryl methyl sites for hydroxylation is 1. The monoisotopic (exact) mass is 307 g/mol. The van der Waals surface area contributed by atoms with E-state index in [0.717, 1.165) is 11.0 Å². The lowest BCUT2D eigenvalue weighted by atomic mass is 10.2. The van der Waals surface area contributed by atoms with Crippen LogP contribution in [0.15, 0.2) is 36.3 Å². The molecule has 0 amide bonds. The second-order valence-corrected chi connectivity index (χ2v) is 4.24. The molecule has 0 atom stereocenters. The van der Waals surface area contributed by atoms with E-state index in [2.05, 4.69) is 19.8 Å². The molecule has 1 aromatic carbocycles. The number of aromatic nitrogens is 2. The number of nitrogens with zero attached hydrogens (tertiary/aromatic N) is 2. The minimum atomic E-state index is -0.770. The fourth-order valence-electron chi connectivity index (χ4n) is 1.80. The summed E-state index contributed by atoms with van der Waals surface area (Å²) in [5.41, 5.74) is 2.24. The number of hydrogen-bond acceptors (Lipinski definition) is 6. The van der Waals surface area contributed by atoms with Crippen LogP contribution in [0, 0.1) is 0 Å². The van der Waals surface area contributed by atoms with Gasteiger partial charge in [-0.05, 0) is 18.2 Å². The molecule has 8 nitrogen and oxygen atoms in total. The molecule has 118 valence electrons. The number of ether oxygens (including phenoxy) is 2. The number of hydrogen-bond donors (Lipinski definition) is 1. The zero-order valence-electron chi connectivity index (χ0n) is 12.4. The number of esters is 2. The molecule has 0 unspecified atom stereocenters. The average Bonchev–Trinajstić information content (AvgIpc) is 2.87. The first kappa shape index (κ1) is 17.2. The first-order valence-electron chi connectivity index (χ1n) is 6.11. The van der Waals surface area contributed by atoms with Crippen LogP contribution in [-0.4, -0.2) is 41.2 Å². The van der Waals surface area contributed by atoms with Crippen LogP contribution in [-0.2, 0) is 26.1 Å². The molecule has 8 heteroatoms. The van der Waals surface area contributed by atoms with Gasteiger partial charge >= 0.3 is 11.9 Å². The van der Waals surface area contributed by atoms with Gasteiger partial charge in [0, 0.05) is 18.9 Å². The van der Waals surface area contributed by atoms with Gasteiger partial charge in [-0.2, -0.15) is 0 Å². The van der Waals surface area contributed by atoms with Gasteiger partial charge < -0.3 is 24.8 Å². The summed E-state index contributed by atoms with van der Waals surface area (Å²) in [5.74, 6) is -1.54. The molecular formula is C14H17N3O5. The number of benzene rings is 1. The van der Waals surface area contributed by atoms with Gasteiger partial charge in [-0.3, -0.25) is 0 Å². The number of nitrogens with one attached hydrogen (secondary N) is 1. The normalized spacial score (nSPS) is 9.59. The van der Waals surface area contributed by atoms with E-state index in [4.69, 9.17) is 0 Å².